The summed E-state index contributed by atoms with van der Waals surface area (Å²) in [6.07, 6.45) is 0.155. The van der Waals surface area contributed by atoms with Crippen molar-refractivity contribution < 1.29 is 23.9 Å². The number of methoxy groups -OCH3 is 1. The van der Waals surface area contributed by atoms with E-state index < -0.39 is 11.9 Å². The van der Waals surface area contributed by atoms with E-state index in [0.29, 0.717) is 6.54 Å². The van der Waals surface area contributed by atoms with E-state index in [-0.39, 0.29) is 49.4 Å². The van der Waals surface area contributed by atoms with Crippen LogP contribution >= 0.6 is 0 Å². The van der Waals surface area contributed by atoms with Crippen molar-refractivity contribution in [1.82, 2.24) is 10.2 Å². The van der Waals surface area contributed by atoms with Crippen LogP contribution in [-0.2, 0) is 23.9 Å². The maximum Gasteiger partial charge on any atom is 0.305 e. The van der Waals surface area contributed by atoms with Crippen LogP contribution in [0.15, 0.2) is 30.3 Å². The van der Waals surface area contributed by atoms with Crippen LogP contribution in [0.1, 0.15) is 37.8 Å². The minimum atomic E-state index is -0.470. The monoisotopic (exact) mass is 360 g/mol. The highest BCUT2D eigenvalue weighted by molar-refractivity contribution is 5.92. The summed E-state index contributed by atoms with van der Waals surface area (Å²) >= 11 is 0. The SMILES string of the molecule is COC(=O)CCC(=O)CNC(=O)C1CC(=O)N(C(C)c2ccccc2)C1. The van der Waals surface area contributed by atoms with Gasteiger partial charge in [-0.1, -0.05) is 30.3 Å². The van der Waals surface area contributed by atoms with Crippen molar-refractivity contribution in [2.24, 2.45) is 5.92 Å². The molecule has 26 heavy (non-hydrogen) atoms. The molecule has 7 heteroatoms. The topological polar surface area (TPSA) is 92.8 Å². The third-order valence-corrected chi connectivity index (χ3v) is 4.57. The predicted molar refractivity (Wildman–Crippen MR) is 93.9 cm³/mol. The van der Waals surface area contributed by atoms with Crippen LogP contribution in [0.25, 0.3) is 0 Å². The molecule has 0 spiro atoms. The molecule has 1 aromatic rings. The van der Waals surface area contributed by atoms with Gasteiger partial charge in [0.05, 0.1) is 32.0 Å². The Hall–Kier alpha value is -2.70. The van der Waals surface area contributed by atoms with Gasteiger partial charge in [-0.15, -0.1) is 0 Å². The molecule has 2 amide bonds. The second-order valence-corrected chi connectivity index (χ2v) is 6.37. The van der Waals surface area contributed by atoms with Crippen molar-refractivity contribution in [2.45, 2.75) is 32.2 Å². The van der Waals surface area contributed by atoms with Gasteiger partial charge in [-0.3, -0.25) is 19.2 Å². The predicted octanol–water partition coefficient (Wildman–Crippen LogP) is 1.23. The number of nitrogens with zero attached hydrogens (tertiary/aromatic N) is 1. The summed E-state index contributed by atoms with van der Waals surface area (Å²) in [6.45, 7) is 2.12. The van der Waals surface area contributed by atoms with Crippen LogP contribution in [0.4, 0.5) is 0 Å². The number of benzene rings is 1. The lowest BCUT2D eigenvalue weighted by molar-refractivity contribution is -0.141. The quantitative estimate of drug-likeness (QED) is 0.704. The smallest absolute Gasteiger partial charge is 0.305 e. The first-order chi connectivity index (χ1) is 12.4. The Morgan fingerprint density at radius 2 is 1.92 bits per heavy atom. The molecular formula is C19H24N2O5. The van der Waals surface area contributed by atoms with Crippen LogP contribution < -0.4 is 5.32 Å². The molecule has 2 atom stereocenters. The average Bonchev–Trinajstić information content (AvgIpc) is 3.05. The van der Waals surface area contributed by atoms with Gasteiger partial charge in [0.2, 0.25) is 11.8 Å². The number of hydrogen-bond acceptors (Lipinski definition) is 5. The zero-order valence-electron chi connectivity index (χ0n) is 15.1. The third kappa shape index (κ3) is 5.15. The van der Waals surface area contributed by atoms with E-state index in [1.54, 1.807) is 4.90 Å². The van der Waals surface area contributed by atoms with Gasteiger partial charge in [-0.05, 0) is 12.5 Å². The van der Waals surface area contributed by atoms with E-state index in [1.807, 2.05) is 37.3 Å². The Bertz CT molecular complexity index is 674. The number of rotatable bonds is 8. The number of Topliss-reactive ketones (excluding diaryl/α,β-unsaturated/α-hetero) is 1. The van der Waals surface area contributed by atoms with E-state index in [4.69, 9.17) is 0 Å². The number of carbonyl (C=O) groups is 4. The van der Waals surface area contributed by atoms with Crippen LogP contribution in [0.5, 0.6) is 0 Å². The van der Waals surface area contributed by atoms with Crippen molar-refractivity contribution in [3.8, 4) is 0 Å². The zero-order chi connectivity index (χ0) is 19.1. The molecule has 0 aliphatic carbocycles. The molecule has 1 N–H and O–H groups in total. The number of amides is 2. The Morgan fingerprint density at radius 3 is 2.58 bits per heavy atom. The highest BCUT2D eigenvalue weighted by Crippen LogP contribution is 2.28. The molecule has 0 aromatic heterocycles. The van der Waals surface area contributed by atoms with Gasteiger partial charge in [-0.25, -0.2) is 0 Å². The molecule has 0 saturated carbocycles. The van der Waals surface area contributed by atoms with Crippen molar-refractivity contribution >= 4 is 23.6 Å². The standard InChI is InChI=1S/C19H24N2O5/c1-13(14-6-4-3-5-7-14)21-12-15(10-17(21)23)19(25)20-11-16(22)8-9-18(24)26-2/h3-7,13,15H,8-12H2,1-2H3,(H,20,25). The molecule has 2 unspecified atom stereocenters. The summed E-state index contributed by atoms with van der Waals surface area (Å²) in [4.78, 5) is 49.0. The molecule has 1 aliphatic heterocycles. The van der Waals surface area contributed by atoms with Gasteiger partial charge in [0, 0.05) is 19.4 Å². The molecule has 1 fully saturated rings. The maximum absolute atomic E-state index is 12.3. The lowest BCUT2D eigenvalue weighted by Crippen LogP contribution is -2.36. The number of hydrogen-bond donors (Lipinski definition) is 1. The first kappa shape index (κ1) is 19.6. The highest BCUT2D eigenvalue weighted by atomic mass is 16.5. The second kappa shape index (κ2) is 9.12. The lowest BCUT2D eigenvalue weighted by Gasteiger charge is -2.25. The highest BCUT2D eigenvalue weighted by Gasteiger charge is 2.36. The molecule has 1 saturated heterocycles. The Labute approximate surface area is 152 Å². The second-order valence-electron chi connectivity index (χ2n) is 6.37. The van der Waals surface area contributed by atoms with Gasteiger partial charge in [0.1, 0.15) is 0 Å². The average molecular weight is 360 g/mol. The number of esters is 1. The van der Waals surface area contributed by atoms with Crippen molar-refractivity contribution in [3.63, 3.8) is 0 Å². The van der Waals surface area contributed by atoms with Gasteiger partial charge in [0.15, 0.2) is 5.78 Å². The molecule has 0 bridgehead atoms. The molecule has 1 heterocycles. The zero-order valence-corrected chi connectivity index (χ0v) is 15.1. The van der Waals surface area contributed by atoms with Crippen molar-refractivity contribution in [2.75, 3.05) is 20.2 Å². The largest absolute Gasteiger partial charge is 0.469 e. The minimum absolute atomic E-state index is 0.00448. The summed E-state index contributed by atoms with van der Waals surface area (Å²) < 4.78 is 4.47. The number of ether oxygens (including phenoxy) is 1. The van der Waals surface area contributed by atoms with E-state index in [2.05, 4.69) is 10.1 Å². The normalized spacial score (nSPS) is 17.7. The van der Waals surface area contributed by atoms with Crippen LogP contribution in [0.3, 0.4) is 0 Å². The fraction of sp³-hybridized carbons (Fsp3) is 0.474. The summed E-state index contributed by atoms with van der Waals surface area (Å²) in [5.74, 6) is -1.56. The van der Waals surface area contributed by atoms with Crippen LogP contribution in [0, 0.1) is 5.92 Å². The fourth-order valence-electron chi connectivity index (χ4n) is 2.96. The summed E-state index contributed by atoms with van der Waals surface area (Å²) in [5.41, 5.74) is 1.01. The number of carbonyl (C=O) groups excluding carboxylic acids is 4. The van der Waals surface area contributed by atoms with Crippen LogP contribution in [-0.4, -0.2) is 48.7 Å². The van der Waals surface area contributed by atoms with Crippen molar-refractivity contribution in [3.05, 3.63) is 35.9 Å². The third-order valence-electron chi connectivity index (χ3n) is 4.57. The molecular weight excluding hydrogens is 336 g/mol. The Balaban J connectivity index is 1.83. The Morgan fingerprint density at radius 1 is 1.23 bits per heavy atom. The molecule has 140 valence electrons. The first-order valence-electron chi connectivity index (χ1n) is 8.63. The van der Waals surface area contributed by atoms with Gasteiger partial charge in [0.25, 0.3) is 0 Å². The summed E-state index contributed by atoms with van der Waals surface area (Å²) in [7, 11) is 1.26. The van der Waals surface area contributed by atoms with Crippen LogP contribution in [0.2, 0.25) is 0 Å². The summed E-state index contributed by atoms with van der Waals surface area (Å²) in [6, 6.07) is 9.53. The first-order valence-corrected chi connectivity index (χ1v) is 8.63. The molecule has 0 radical (unpaired) electrons. The van der Waals surface area contributed by atoms with Gasteiger partial charge < -0.3 is 15.0 Å². The lowest BCUT2D eigenvalue weighted by atomic mass is 10.1. The molecule has 7 nitrogen and oxygen atoms in total. The van der Waals surface area contributed by atoms with E-state index >= 15 is 0 Å². The summed E-state index contributed by atoms with van der Waals surface area (Å²) in [5, 5.41) is 2.57. The van der Waals surface area contributed by atoms with Gasteiger partial charge in [-0.2, -0.15) is 0 Å². The molecule has 1 aliphatic rings. The van der Waals surface area contributed by atoms with Gasteiger partial charge >= 0.3 is 5.97 Å². The van der Waals surface area contributed by atoms with E-state index in [1.165, 1.54) is 7.11 Å². The molecule has 1 aromatic carbocycles. The number of nitrogens with one attached hydrogen (secondary N) is 1. The fourth-order valence-corrected chi connectivity index (χ4v) is 2.96. The Kier molecular flexibility index (Phi) is 6.89. The number of ketones is 1. The number of likely N-dealkylation sites (tertiary alicyclic amines) is 1. The maximum atomic E-state index is 12.3. The van der Waals surface area contributed by atoms with E-state index in [0.717, 1.165) is 5.56 Å². The minimum Gasteiger partial charge on any atom is -0.469 e. The van der Waals surface area contributed by atoms with E-state index in [9.17, 15) is 19.2 Å². The van der Waals surface area contributed by atoms with Crippen molar-refractivity contribution in [1.29, 1.82) is 0 Å². The molecule has 2 rings (SSSR count).